The summed E-state index contributed by atoms with van der Waals surface area (Å²) in [6, 6.07) is 60.9. The SMILES string of the molecule is [Fe+2].c1cc[cH-]c1.c1ccc(P(c2ccccc2)c2cc[c-](P(c3ccccc3)c3ccccc3)c2)cc1. The first-order valence-corrected chi connectivity index (χ1v) is 14.8. The van der Waals surface area contributed by atoms with Gasteiger partial charge < -0.3 is 0 Å². The van der Waals surface area contributed by atoms with Crippen LogP contribution in [0, 0.1) is 0 Å². The van der Waals surface area contributed by atoms with Crippen LogP contribution in [0.25, 0.3) is 0 Å². The van der Waals surface area contributed by atoms with Gasteiger partial charge in [-0.3, -0.25) is 0 Å². The number of hydrogen-bond acceptors (Lipinski definition) is 0. The molecular formula is C34H28FeP2. The van der Waals surface area contributed by atoms with Crippen LogP contribution in [0.5, 0.6) is 0 Å². The van der Waals surface area contributed by atoms with Crippen molar-refractivity contribution in [1.29, 1.82) is 0 Å². The van der Waals surface area contributed by atoms with Crippen LogP contribution in [0.2, 0.25) is 0 Å². The van der Waals surface area contributed by atoms with Crippen LogP contribution < -0.4 is 31.8 Å². The minimum Gasteiger partial charge on any atom is -0.214 e. The summed E-state index contributed by atoms with van der Waals surface area (Å²) in [7, 11) is -1.15. The van der Waals surface area contributed by atoms with Gasteiger partial charge in [-0.25, -0.2) is 18.2 Å². The van der Waals surface area contributed by atoms with Crippen LogP contribution in [0.3, 0.4) is 0 Å². The Balaban J connectivity index is 0.000000479. The summed E-state index contributed by atoms with van der Waals surface area (Å²) >= 11 is 0. The van der Waals surface area contributed by atoms with Crippen LogP contribution >= 0.6 is 15.8 Å². The number of hydrogen-bond donors (Lipinski definition) is 0. The summed E-state index contributed by atoms with van der Waals surface area (Å²) in [6.07, 6.45) is 0. The van der Waals surface area contributed by atoms with E-state index < -0.39 is 15.8 Å². The molecule has 182 valence electrons. The van der Waals surface area contributed by atoms with Crippen molar-refractivity contribution in [2.75, 3.05) is 0 Å². The van der Waals surface area contributed by atoms with E-state index in [4.69, 9.17) is 0 Å². The Morgan fingerprint density at radius 1 is 0.432 bits per heavy atom. The van der Waals surface area contributed by atoms with E-state index in [9.17, 15) is 0 Å². The van der Waals surface area contributed by atoms with Gasteiger partial charge in [-0.1, -0.05) is 137 Å². The van der Waals surface area contributed by atoms with Crippen molar-refractivity contribution in [3.8, 4) is 0 Å². The van der Waals surface area contributed by atoms with Crippen molar-refractivity contribution in [2.24, 2.45) is 0 Å². The molecule has 0 aliphatic carbocycles. The van der Waals surface area contributed by atoms with Crippen molar-refractivity contribution in [3.63, 3.8) is 0 Å². The Labute approximate surface area is 233 Å². The molecule has 0 spiro atoms. The van der Waals surface area contributed by atoms with Gasteiger partial charge in [0.2, 0.25) is 0 Å². The first-order chi connectivity index (χ1) is 17.9. The predicted octanol–water partition coefficient (Wildman–Crippen LogP) is 6.32. The van der Waals surface area contributed by atoms with Gasteiger partial charge in [0.1, 0.15) is 0 Å². The number of rotatable bonds is 6. The summed E-state index contributed by atoms with van der Waals surface area (Å²) in [6.45, 7) is 0. The zero-order valence-electron chi connectivity index (χ0n) is 20.4. The fraction of sp³-hybridized carbons (Fsp3) is 0. The normalized spacial score (nSPS) is 10.4. The van der Waals surface area contributed by atoms with Gasteiger partial charge in [0.05, 0.1) is 0 Å². The molecule has 0 amide bonds. The molecule has 6 rings (SSSR count). The van der Waals surface area contributed by atoms with E-state index in [0.717, 1.165) is 0 Å². The van der Waals surface area contributed by atoms with Gasteiger partial charge in [-0.2, -0.15) is 35.6 Å². The fourth-order valence-electron chi connectivity index (χ4n) is 4.22. The summed E-state index contributed by atoms with van der Waals surface area (Å²) in [4.78, 5) is 0. The van der Waals surface area contributed by atoms with Crippen LogP contribution in [0.1, 0.15) is 0 Å². The van der Waals surface area contributed by atoms with Crippen LogP contribution in [-0.4, -0.2) is 0 Å². The Morgan fingerprint density at radius 2 is 0.838 bits per heavy atom. The van der Waals surface area contributed by atoms with Gasteiger partial charge in [0.25, 0.3) is 0 Å². The molecule has 0 saturated heterocycles. The quantitative estimate of drug-likeness (QED) is 0.128. The van der Waals surface area contributed by atoms with Crippen molar-refractivity contribution < 1.29 is 17.1 Å². The smallest absolute Gasteiger partial charge is 0.214 e. The van der Waals surface area contributed by atoms with E-state index in [0.29, 0.717) is 0 Å². The maximum absolute atomic E-state index is 2.46. The molecule has 37 heavy (non-hydrogen) atoms. The van der Waals surface area contributed by atoms with E-state index in [1.54, 1.807) is 0 Å². The molecule has 0 aromatic heterocycles. The average Bonchev–Trinajstić information content (AvgIpc) is 3.68. The number of benzene rings is 4. The summed E-state index contributed by atoms with van der Waals surface area (Å²) < 4.78 is 0. The minimum absolute atomic E-state index is 0. The van der Waals surface area contributed by atoms with E-state index in [-0.39, 0.29) is 17.1 Å². The zero-order chi connectivity index (χ0) is 24.4. The zero-order valence-corrected chi connectivity index (χ0v) is 23.3. The molecule has 6 aromatic carbocycles. The van der Waals surface area contributed by atoms with Crippen LogP contribution in [-0.2, 0) is 17.1 Å². The van der Waals surface area contributed by atoms with Gasteiger partial charge in [0.15, 0.2) is 0 Å². The molecule has 0 fully saturated rings. The summed E-state index contributed by atoms with van der Waals surface area (Å²) in [5, 5.41) is 8.41. The fourth-order valence-corrected chi connectivity index (χ4v) is 8.98. The summed E-state index contributed by atoms with van der Waals surface area (Å²) in [5.41, 5.74) is 0. The Kier molecular flexibility index (Phi) is 10.3. The maximum Gasteiger partial charge on any atom is 2.00 e. The monoisotopic (exact) mass is 554 g/mol. The van der Waals surface area contributed by atoms with Gasteiger partial charge >= 0.3 is 17.1 Å². The minimum atomic E-state index is -0.577. The molecule has 0 atom stereocenters. The summed E-state index contributed by atoms with van der Waals surface area (Å²) in [5.74, 6) is 0. The van der Waals surface area contributed by atoms with Crippen molar-refractivity contribution >= 4 is 47.7 Å². The third-order valence-corrected chi connectivity index (χ3v) is 10.7. The van der Waals surface area contributed by atoms with E-state index in [2.05, 4.69) is 140 Å². The molecule has 0 saturated carbocycles. The van der Waals surface area contributed by atoms with Crippen molar-refractivity contribution in [2.45, 2.75) is 0 Å². The van der Waals surface area contributed by atoms with Gasteiger partial charge in [-0.05, 0) is 21.2 Å². The molecule has 0 nitrogen and oxygen atoms in total. The van der Waals surface area contributed by atoms with E-state index in [1.807, 2.05) is 30.3 Å². The van der Waals surface area contributed by atoms with Gasteiger partial charge in [-0.15, -0.1) is 5.30 Å². The third-order valence-electron chi connectivity index (χ3n) is 5.85. The third kappa shape index (κ3) is 7.05. The molecule has 0 N–H and O–H groups in total. The first kappa shape index (κ1) is 27.0. The second-order valence-corrected chi connectivity index (χ2v) is 12.7. The molecule has 0 aliphatic heterocycles. The molecule has 0 heterocycles. The van der Waals surface area contributed by atoms with E-state index in [1.165, 1.54) is 31.8 Å². The maximum atomic E-state index is 2.46. The van der Waals surface area contributed by atoms with E-state index >= 15 is 0 Å². The first-order valence-electron chi connectivity index (χ1n) is 12.1. The molecule has 0 aliphatic rings. The predicted molar refractivity (Wildman–Crippen MR) is 161 cm³/mol. The molecule has 0 unspecified atom stereocenters. The second kappa shape index (κ2) is 14.0. The van der Waals surface area contributed by atoms with Crippen molar-refractivity contribution in [1.82, 2.24) is 0 Å². The Hall–Kier alpha value is -3.04. The van der Waals surface area contributed by atoms with Crippen molar-refractivity contribution in [3.05, 3.63) is 170 Å². The standard InChI is InChI=1S/C29H23P2.C5H5.Fe/c1-5-13-24(14-6-1)30(25-15-7-2-8-16-25)28-21-22-29(23-28)31(26-17-9-3-10-18-26)27-19-11-4-12-20-27;1-2-4-5-3-1;/h1-23H;1-5H;/q2*-1;+2. The largest absolute Gasteiger partial charge is 2.00 e. The Bertz CT molecular complexity index is 1220. The van der Waals surface area contributed by atoms with Gasteiger partial charge in [0, 0.05) is 0 Å². The van der Waals surface area contributed by atoms with Crippen LogP contribution in [0.15, 0.2) is 170 Å². The van der Waals surface area contributed by atoms with Crippen LogP contribution in [0.4, 0.5) is 0 Å². The topological polar surface area (TPSA) is 0 Å². The molecule has 0 radical (unpaired) electrons. The average molecular weight is 554 g/mol. The molecule has 3 heteroatoms. The molecular weight excluding hydrogens is 526 g/mol. The second-order valence-electron chi connectivity index (χ2n) is 8.30. The Morgan fingerprint density at radius 3 is 1.22 bits per heavy atom. The molecule has 0 bridgehead atoms. The molecule has 6 aromatic rings.